The summed E-state index contributed by atoms with van der Waals surface area (Å²) in [7, 11) is 0. The lowest BCUT2D eigenvalue weighted by atomic mass is 9.80. The number of hydrogen-bond acceptors (Lipinski definition) is 2. The van der Waals surface area contributed by atoms with E-state index in [1.807, 2.05) is 6.07 Å². The molecule has 2 N–H and O–H groups in total. The topological polar surface area (TPSA) is 35.2 Å². The molecule has 1 aromatic carbocycles. The third kappa shape index (κ3) is 3.96. The lowest BCUT2D eigenvalue weighted by Crippen LogP contribution is -2.29. The van der Waals surface area contributed by atoms with Gasteiger partial charge in [0.15, 0.2) is 0 Å². The summed E-state index contributed by atoms with van der Waals surface area (Å²) in [6, 6.07) is 6.24. The molecule has 0 saturated heterocycles. The van der Waals surface area contributed by atoms with E-state index < -0.39 is 0 Å². The molecular formula is C16H24BrNO. The minimum Gasteiger partial charge on any atom is -0.490 e. The van der Waals surface area contributed by atoms with Crippen LogP contribution in [-0.4, -0.2) is 12.6 Å². The van der Waals surface area contributed by atoms with Crippen LogP contribution in [0.1, 0.15) is 38.7 Å². The number of halogens is 1. The molecule has 3 unspecified atom stereocenters. The Hall–Kier alpha value is -0.540. The van der Waals surface area contributed by atoms with Crippen molar-refractivity contribution in [3.05, 3.63) is 28.2 Å². The Balaban J connectivity index is 2.06. The van der Waals surface area contributed by atoms with Crippen molar-refractivity contribution in [3.63, 3.8) is 0 Å². The van der Waals surface area contributed by atoms with Gasteiger partial charge >= 0.3 is 0 Å². The zero-order chi connectivity index (χ0) is 13.8. The number of benzene rings is 1. The zero-order valence-electron chi connectivity index (χ0n) is 11.9. The fraction of sp³-hybridized carbons (Fsp3) is 0.625. The number of rotatable bonds is 4. The van der Waals surface area contributed by atoms with Gasteiger partial charge in [-0.25, -0.2) is 0 Å². The van der Waals surface area contributed by atoms with E-state index in [4.69, 9.17) is 10.5 Å². The van der Waals surface area contributed by atoms with E-state index in [2.05, 4.69) is 41.9 Å². The molecule has 0 bridgehead atoms. The van der Waals surface area contributed by atoms with Crippen LogP contribution in [0.25, 0.3) is 0 Å². The molecule has 19 heavy (non-hydrogen) atoms. The molecule has 2 nitrogen and oxygen atoms in total. The summed E-state index contributed by atoms with van der Waals surface area (Å²) in [4.78, 5) is 0. The number of nitrogens with two attached hydrogens (primary N) is 1. The number of hydrogen-bond donors (Lipinski definition) is 1. The first-order valence-corrected chi connectivity index (χ1v) is 8.04. The molecular weight excluding hydrogens is 302 g/mol. The van der Waals surface area contributed by atoms with E-state index in [0.717, 1.165) is 28.5 Å². The van der Waals surface area contributed by atoms with Crippen molar-refractivity contribution in [2.75, 3.05) is 6.54 Å². The lowest BCUT2D eigenvalue weighted by molar-refractivity contribution is 0.0997. The van der Waals surface area contributed by atoms with Gasteiger partial charge in [-0.15, -0.1) is 0 Å². The maximum atomic E-state index is 6.24. The molecule has 0 spiro atoms. The van der Waals surface area contributed by atoms with E-state index in [-0.39, 0.29) is 0 Å². The molecule has 0 radical (unpaired) electrons. The third-order valence-electron chi connectivity index (χ3n) is 4.28. The average molecular weight is 326 g/mol. The van der Waals surface area contributed by atoms with Crippen molar-refractivity contribution in [2.45, 2.75) is 45.6 Å². The molecule has 0 amide bonds. The summed E-state index contributed by atoms with van der Waals surface area (Å²) in [5.41, 5.74) is 6.89. The van der Waals surface area contributed by atoms with Gasteiger partial charge in [0.05, 0.1) is 6.10 Å². The van der Waals surface area contributed by atoms with Crippen LogP contribution >= 0.6 is 15.9 Å². The van der Waals surface area contributed by atoms with Gasteiger partial charge in [0.1, 0.15) is 5.75 Å². The smallest absolute Gasteiger partial charge is 0.123 e. The zero-order valence-corrected chi connectivity index (χ0v) is 13.4. The van der Waals surface area contributed by atoms with Crippen LogP contribution in [0.2, 0.25) is 0 Å². The molecule has 2 rings (SSSR count). The first-order valence-electron chi connectivity index (χ1n) is 7.25. The second kappa shape index (κ2) is 6.76. The van der Waals surface area contributed by atoms with Gasteiger partial charge in [-0.05, 0) is 67.8 Å². The van der Waals surface area contributed by atoms with Crippen LogP contribution in [0, 0.1) is 11.8 Å². The summed E-state index contributed by atoms with van der Waals surface area (Å²) < 4.78 is 7.33. The Bertz CT molecular complexity index is 421. The molecule has 1 fully saturated rings. The predicted octanol–water partition coefficient (Wildman–Crippen LogP) is 4.15. The molecule has 0 heterocycles. The van der Waals surface area contributed by atoms with Gasteiger partial charge in [0.25, 0.3) is 0 Å². The van der Waals surface area contributed by atoms with Gasteiger partial charge in [0.2, 0.25) is 0 Å². The van der Waals surface area contributed by atoms with Crippen LogP contribution in [0.4, 0.5) is 0 Å². The number of ether oxygens (including phenoxy) is 1. The minimum absolute atomic E-state index is 0.365. The highest BCUT2D eigenvalue weighted by Crippen LogP contribution is 2.33. The van der Waals surface area contributed by atoms with Crippen molar-refractivity contribution < 1.29 is 4.74 Å². The van der Waals surface area contributed by atoms with Gasteiger partial charge in [-0.3, -0.25) is 0 Å². The summed E-state index contributed by atoms with van der Waals surface area (Å²) in [5.74, 6) is 2.60. The van der Waals surface area contributed by atoms with Crippen LogP contribution < -0.4 is 10.5 Å². The molecule has 1 saturated carbocycles. The molecule has 1 aliphatic rings. The monoisotopic (exact) mass is 325 g/mol. The van der Waals surface area contributed by atoms with Crippen molar-refractivity contribution in [1.82, 2.24) is 0 Å². The summed E-state index contributed by atoms with van der Waals surface area (Å²) in [5, 5.41) is 0. The van der Waals surface area contributed by atoms with Crippen molar-refractivity contribution in [3.8, 4) is 5.75 Å². The fourth-order valence-electron chi connectivity index (χ4n) is 2.80. The van der Waals surface area contributed by atoms with Crippen molar-refractivity contribution in [1.29, 1.82) is 0 Å². The molecule has 0 aliphatic heterocycles. The molecule has 1 aliphatic carbocycles. The summed E-state index contributed by atoms with van der Waals surface area (Å²) in [6.07, 6.45) is 4.84. The predicted molar refractivity (Wildman–Crippen MR) is 83.5 cm³/mol. The normalized spacial score (nSPS) is 27.3. The fourth-order valence-corrected chi connectivity index (χ4v) is 3.21. The van der Waals surface area contributed by atoms with Crippen molar-refractivity contribution in [2.24, 2.45) is 17.6 Å². The van der Waals surface area contributed by atoms with Crippen molar-refractivity contribution >= 4 is 15.9 Å². The lowest BCUT2D eigenvalue weighted by Gasteiger charge is -2.32. The first kappa shape index (κ1) is 14.9. The highest BCUT2D eigenvalue weighted by atomic mass is 79.9. The van der Waals surface area contributed by atoms with Gasteiger partial charge in [0, 0.05) is 4.47 Å². The highest BCUT2D eigenvalue weighted by molar-refractivity contribution is 9.10. The van der Waals surface area contributed by atoms with E-state index >= 15 is 0 Å². The van der Waals surface area contributed by atoms with E-state index in [1.165, 1.54) is 24.8 Å². The quantitative estimate of drug-likeness (QED) is 0.902. The second-order valence-electron chi connectivity index (χ2n) is 5.80. The molecule has 3 atom stereocenters. The minimum atomic E-state index is 0.365. The second-order valence-corrected chi connectivity index (χ2v) is 6.71. The highest BCUT2D eigenvalue weighted by Gasteiger charge is 2.26. The van der Waals surface area contributed by atoms with Crippen LogP contribution in [0.3, 0.4) is 0 Å². The van der Waals surface area contributed by atoms with E-state index in [0.29, 0.717) is 12.6 Å². The Morgan fingerprint density at radius 3 is 2.74 bits per heavy atom. The average Bonchev–Trinajstić information content (AvgIpc) is 2.37. The summed E-state index contributed by atoms with van der Waals surface area (Å²) in [6.45, 7) is 5.34. The molecule has 0 aromatic heterocycles. The Morgan fingerprint density at radius 2 is 2.05 bits per heavy atom. The van der Waals surface area contributed by atoms with Gasteiger partial charge in [-0.2, -0.15) is 0 Å². The van der Waals surface area contributed by atoms with Gasteiger partial charge in [-0.1, -0.05) is 29.8 Å². The molecule has 1 aromatic rings. The molecule has 106 valence electrons. The SMILES string of the molecule is CC1CCC(Oc2ccc(Br)cc2CCN)CC1C. The largest absolute Gasteiger partial charge is 0.490 e. The summed E-state index contributed by atoms with van der Waals surface area (Å²) >= 11 is 3.51. The van der Waals surface area contributed by atoms with Crippen LogP contribution in [-0.2, 0) is 6.42 Å². The Morgan fingerprint density at radius 1 is 1.26 bits per heavy atom. The Kier molecular flexibility index (Phi) is 5.28. The maximum absolute atomic E-state index is 6.24. The third-order valence-corrected chi connectivity index (χ3v) is 4.77. The molecule has 3 heteroatoms. The van der Waals surface area contributed by atoms with Gasteiger partial charge < -0.3 is 10.5 Å². The first-order chi connectivity index (χ1) is 9.10. The van der Waals surface area contributed by atoms with E-state index in [9.17, 15) is 0 Å². The Labute approximate surface area is 124 Å². The van der Waals surface area contributed by atoms with Crippen LogP contribution in [0.5, 0.6) is 5.75 Å². The maximum Gasteiger partial charge on any atom is 0.123 e. The van der Waals surface area contributed by atoms with E-state index in [1.54, 1.807) is 0 Å². The standard InChI is InChI=1S/C16H24BrNO/c1-11-3-5-15(9-12(11)2)19-16-6-4-14(17)10-13(16)7-8-18/h4,6,10-12,15H,3,5,7-9,18H2,1-2H3. The van der Waals surface area contributed by atoms with Crippen LogP contribution in [0.15, 0.2) is 22.7 Å².